The zero-order valence-electron chi connectivity index (χ0n) is 12.0. The van der Waals surface area contributed by atoms with Gasteiger partial charge in [0.1, 0.15) is 0 Å². The van der Waals surface area contributed by atoms with E-state index in [1.54, 1.807) is 0 Å². The van der Waals surface area contributed by atoms with Crippen LogP contribution in [0.3, 0.4) is 0 Å². The average Bonchev–Trinajstić information content (AvgIpc) is 2.58. The molecule has 110 valence electrons. The minimum absolute atomic E-state index is 0.0185. The fourth-order valence-electron chi connectivity index (χ4n) is 2.73. The van der Waals surface area contributed by atoms with Gasteiger partial charge in [0.25, 0.3) is 0 Å². The summed E-state index contributed by atoms with van der Waals surface area (Å²) in [5.41, 5.74) is 6.47. The monoisotopic (exact) mass is 283 g/mol. The molecule has 1 saturated heterocycles. The van der Waals surface area contributed by atoms with Crippen LogP contribution in [0.5, 0.6) is 0 Å². The number of nitrogens with zero attached hydrogens (tertiary/aromatic N) is 1. The number of anilines is 1. The summed E-state index contributed by atoms with van der Waals surface area (Å²) in [5.74, 6) is 5.74. The first-order valence-corrected chi connectivity index (χ1v) is 7.32. The smallest absolute Gasteiger partial charge is 0.0710 e. The van der Waals surface area contributed by atoms with E-state index in [-0.39, 0.29) is 6.04 Å². The SMILES string of the molecule is NNC(c1ccccc1)c1ccc(N2CCOCC2)cc1. The molecule has 0 amide bonds. The molecule has 4 nitrogen and oxygen atoms in total. The zero-order chi connectivity index (χ0) is 14.5. The van der Waals surface area contributed by atoms with Crippen LogP contribution < -0.4 is 16.2 Å². The number of morpholine rings is 1. The van der Waals surface area contributed by atoms with E-state index in [4.69, 9.17) is 10.6 Å². The Labute approximate surface area is 125 Å². The molecule has 1 aliphatic rings. The van der Waals surface area contributed by atoms with Crippen LogP contribution in [0.4, 0.5) is 5.69 Å². The molecule has 1 unspecified atom stereocenters. The highest BCUT2D eigenvalue weighted by molar-refractivity contribution is 5.49. The van der Waals surface area contributed by atoms with E-state index in [1.165, 1.54) is 16.8 Å². The van der Waals surface area contributed by atoms with E-state index >= 15 is 0 Å². The summed E-state index contributed by atoms with van der Waals surface area (Å²) in [7, 11) is 0. The number of rotatable bonds is 4. The van der Waals surface area contributed by atoms with Gasteiger partial charge in [0.15, 0.2) is 0 Å². The zero-order valence-corrected chi connectivity index (χ0v) is 12.0. The Morgan fingerprint density at radius 2 is 1.52 bits per heavy atom. The standard InChI is InChI=1S/C17H21N3O/c18-19-17(14-4-2-1-3-5-14)15-6-8-16(9-7-15)20-10-12-21-13-11-20/h1-9,17,19H,10-13,18H2. The Hall–Kier alpha value is -1.88. The lowest BCUT2D eigenvalue weighted by molar-refractivity contribution is 0.122. The molecule has 1 aliphatic heterocycles. The molecule has 0 bridgehead atoms. The van der Waals surface area contributed by atoms with E-state index in [0.29, 0.717) is 0 Å². The second-order valence-corrected chi connectivity index (χ2v) is 5.20. The van der Waals surface area contributed by atoms with Gasteiger partial charge in [-0.25, -0.2) is 5.43 Å². The number of benzene rings is 2. The Bertz CT molecular complexity index is 550. The molecular formula is C17H21N3O. The van der Waals surface area contributed by atoms with Gasteiger partial charge in [-0.3, -0.25) is 5.84 Å². The summed E-state index contributed by atoms with van der Waals surface area (Å²) in [6, 6.07) is 18.9. The number of hydrogen-bond donors (Lipinski definition) is 2. The molecule has 1 heterocycles. The second kappa shape index (κ2) is 6.72. The normalized spacial score (nSPS) is 16.7. The summed E-state index contributed by atoms with van der Waals surface area (Å²) < 4.78 is 5.39. The third kappa shape index (κ3) is 3.24. The Morgan fingerprint density at radius 1 is 0.905 bits per heavy atom. The molecule has 0 radical (unpaired) electrons. The van der Waals surface area contributed by atoms with Gasteiger partial charge in [-0.2, -0.15) is 0 Å². The number of nitrogens with two attached hydrogens (primary N) is 1. The van der Waals surface area contributed by atoms with Crippen molar-refractivity contribution in [3.8, 4) is 0 Å². The first-order valence-electron chi connectivity index (χ1n) is 7.32. The van der Waals surface area contributed by atoms with Crippen molar-refractivity contribution in [1.82, 2.24) is 5.43 Å². The molecule has 21 heavy (non-hydrogen) atoms. The maximum Gasteiger partial charge on any atom is 0.0710 e. The van der Waals surface area contributed by atoms with Crippen molar-refractivity contribution in [2.24, 2.45) is 5.84 Å². The van der Waals surface area contributed by atoms with Crippen LogP contribution in [0.1, 0.15) is 17.2 Å². The molecule has 1 atom stereocenters. The molecule has 0 saturated carbocycles. The predicted molar refractivity (Wildman–Crippen MR) is 85.1 cm³/mol. The van der Waals surface area contributed by atoms with Crippen molar-refractivity contribution in [2.75, 3.05) is 31.2 Å². The number of nitrogens with one attached hydrogen (secondary N) is 1. The minimum atomic E-state index is 0.0185. The molecule has 3 rings (SSSR count). The molecule has 0 aromatic heterocycles. The molecule has 4 heteroatoms. The van der Waals surface area contributed by atoms with Crippen LogP contribution in [0.15, 0.2) is 54.6 Å². The largest absolute Gasteiger partial charge is 0.378 e. The van der Waals surface area contributed by atoms with E-state index in [9.17, 15) is 0 Å². The second-order valence-electron chi connectivity index (χ2n) is 5.20. The maximum absolute atomic E-state index is 5.74. The predicted octanol–water partition coefficient (Wildman–Crippen LogP) is 2.08. The van der Waals surface area contributed by atoms with E-state index < -0.39 is 0 Å². The first-order chi connectivity index (χ1) is 10.4. The van der Waals surface area contributed by atoms with Crippen molar-refractivity contribution < 1.29 is 4.74 Å². The Morgan fingerprint density at radius 3 is 2.14 bits per heavy atom. The van der Waals surface area contributed by atoms with Crippen LogP contribution in [-0.2, 0) is 4.74 Å². The lowest BCUT2D eigenvalue weighted by Crippen LogP contribution is -2.36. The summed E-state index contributed by atoms with van der Waals surface area (Å²) in [5, 5.41) is 0. The Balaban J connectivity index is 1.79. The highest BCUT2D eigenvalue weighted by atomic mass is 16.5. The molecule has 0 spiro atoms. The summed E-state index contributed by atoms with van der Waals surface area (Å²) in [6.07, 6.45) is 0. The summed E-state index contributed by atoms with van der Waals surface area (Å²) >= 11 is 0. The molecule has 0 aliphatic carbocycles. The highest BCUT2D eigenvalue weighted by Gasteiger charge is 2.14. The molecule has 3 N–H and O–H groups in total. The average molecular weight is 283 g/mol. The van der Waals surface area contributed by atoms with Crippen molar-refractivity contribution in [3.05, 3.63) is 65.7 Å². The van der Waals surface area contributed by atoms with Gasteiger partial charge in [0, 0.05) is 18.8 Å². The van der Waals surface area contributed by atoms with Crippen LogP contribution in [0, 0.1) is 0 Å². The summed E-state index contributed by atoms with van der Waals surface area (Å²) in [6.45, 7) is 3.52. The van der Waals surface area contributed by atoms with Gasteiger partial charge in [0.05, 0.1) is 19.3 Å². The molecular weight excluding hydrogens is 262 g/mol. The van der Waals surface area contributed by atoms with E-state index in [2.05, 4.69) is 46.7 Å². The van der Waals surface area contributed by atoms with Crippen LogP contribution in [0.25, 0.3) is 0 Å². The topological polar surface area (TPSA) is 50.5 Å². The fraction of sp³-hybridized carbons (Fsp3) is 0.294. The van der Waals surface area contributed by atoms with E-state index in [1.807, 2.05) is 18.2 Å². The summed E-state index contributed by atoms with van der Waals surface area (Å²) in [4.78, 5) is 2.35. The van der Waals surface area contributed by atoms with Crippen LogP contribution >= 0.6 is 0 Å². The molecule has 1 fully saturated rings. The minimum Gasteiger partial charge on any atom is -0.378 e. The van der Waals surface area contributed by atoms with E-state index in [0.717, 1.165) is 26.3 Å². The number of hydrogen-bond acceptors (Lipinski definition) is 4. The Kier molecular flexibility index (Phi) is 4.50. The van der Waals surface area contributed by atoms with Gasteiger partial charge < -0.3 is 9.64 Å². The van der Waals surface area contributed by atoms with Crippen LogP contribution in [0.2, 0.25) is 0 Å². The van der Waals surface area contributed by atoms with Crippen molar-refractivity contribution >= 4 is 5.69 Å². The van der Waals surface area contributed by atoms with Gasteiger partial charge >= 0.3 is 0 Å². The van der Waals surface area contributed by atoms with Crippen LogP contribution in [-0.4, -0.2) is 26.3 Å². The lowest BCUT2D eigenvalue weighted by atomic mass is 9.99. The van der Waals surface area contributed by atoms with Gasteiger partial charge in [-0.15, -0.1) is 0 Å². The van der Waals surface area contributed by atoms with Gasteiger partial charge in [-0.1, -0.05) is 42.5 Å². The third-order valence-electron chi connectivity index (χ3n) is 3.90. The lowest BCUT2D eigenvalue weighted by Gasteiger charge is -2.29. The highest BCUT2D eigenvalue weighted by Crippen LogP contribution is 2.24. The molecule has 2 aromatic carbocycles. The van der Waals surface area contributed by atoms with Gasteiger partial charge in [-0.05, 0) is 23.3 Å². The maximum atomic E-state index is 5.74. The molecule has 2 aromatic rings. The van der Waals surface area contributed by atoms with Crippen molar-refractivity contribution in [3.63, 3.8) is 0 Å². The quantitative estimate of drug-likeness (QED) is 0.666. The first kappa shape index (κ1) is 14.1. The third-order valence-corrected chi connectivity index (χ3v) is 3.90. The van der Waals surface area contributed by atoms with Crippen molar-refractivity contribution in [1.29, 1.82) is 0 Å². The van der Waals surface area contributed by atoms with Crippen molar-refractivity contribution in [2.45, 2.75) is 6.04 Å². The van der Waals surface area contributed by atoms with Gasteiger partial charge in [0.2, 0.25) is 0 Å². The number of hydrazine groups is 1. The number of ether oxygens (including phenoxy) is 1. The fourth-order valence-corrected chi connectivity index (χ4v) is 2.73.